The van der Waals surface area contributed by atoms with Crippen LogP contribution < -0.4 is 4.90 Å². The number of rotatable bonds is 2. The zero-order valence-corrected chi connectivity index (χ0v) is 13.3. The third kappa shape index (κ3) is 1.89. The molecule has 0 spiro atoms. The van der Waals surface area contributed by atoms with Gasteiger partial charge in [0.1, 0.15) is 18.0 Å². The van der Waals surface area contributed by atoms with E-state index in [1.807, 2.05) is 18.2 Å². The largest absolute Gasteiger partial charge is 0.352 e. The Labute approximate surface area is 138 Å². The molecule has 4 aromatic rings. The average molecular weight is 316 g/mol. The number of hydrogen-bond donors (Lipinski definition) is 0. The first kappa shape index (κ1) is 13.4. The number of nitrogens with zero attached hydrogens (tertiary/aromatic N) is 6. The minimum absolute atomic E-state index is 0.416. The van der Waals surface area contributed by atoms with Gasteiger partial charge in [-0.05, 0) is 31.2 Å². The Balaban J connectivity index is 1.49. The summed E-state index contributed by atoms with van der Waals surface area (Å²) in [6.07, 6.45) is 3.36. The van der Waals surface area contributed by atoms with Gasteiger partial charge in [-0.2, -0.15) is 0 Å². The van der Waals surface area contributed by atoms with Crippen molar-refractivity contribution in [2.24, 2.45) is 0 Å². The van der Waals surface area contributed by atoms with Crippen LogP contribution in [0.25, 0.3) is 22.1 Å². The summed E-state index contributed by atoms with van der Waals surface area (Å²) in [5.74, 6) is 2.03. The first-order chi connectivity index (χ1) is 11.8. The molecule has 0 bridgehead atoms. The molecule has 3 aromatic heterocycles. The van der Waals surface area contributed by atoms with Crippen molar-refractivity contribution in [1.82, 2.24) is 24.5 Å². The molecular weight excluding hydrogens is 300 g/mol. The van der Waals surface area contributed by atoms with E-state index >= 15 is 0 Å². The van der Waals surface area contributed by atoms with Gasteiger partial charge in [0, 0.05) is 19.3 Å². The Morgan fingerprint density at radius 1 is 1.00 bits per heavy atom. The van der Waals surface area contributed by atoms with Crippen LogP contribution in [-0.4, -0.2) is 37.6 Å². The normalized spacial score (nSPS) is 15.1. The molecule has 1 aliphatic rings. The summed E-state index contributed by atoms with van der Waals surface area (Å²) >= 11 is 0. The Morgan fingerprint density at radius 3 is 2.79 bits per heavy atom. The molecule has 1 fully saturated rings. The number of imidazole rings is 1. The molecule has 0 N–H and O–H groups in total. The summed E-state index contributed by atoms with van der Waals surface area (Å²) in [5.41, 5.74) is 3.01. The summed E-state index contributed by atoms with van der Waals surface area (Å²) in [4.78, 5) is 20.0. The van der Waals surface area contributed by atoms with Crippen molar-refractivity contribution in [3.05, 3.63) is 54.7 Å². The Morgan fingerprint density at radius 2 is 1.88 bits per heavy atom. The summed E-state index contributed by atoms with van der Waals surface area (Å²) in [6.45, 7) is 3.91. The van der Waals surface area contributed by atoms with E-state index in [2.05, 4.69) is 54.5 Å². The highest BCUT2D eigenvalue weighted by Crippen LogP contribution is 2.33. The van der Waals surface area contributed by atoms with Crippen LogP contribution in [0.5, 0.6) is 0 Å². The lowest BCUT2D eigenvalue weighted by Gasteiger charge is -2.41. The second kappa shape index (κ2) is 4.99. The first-order valence-corrected chi connectivity index (χ1v) is 8.05. The highest BCUT2D eigenvalue weighted by atomic mass is 15.3. The molecule has 0 unspecified atom stereocenters. The number of hydrogen-bond acceptors (Lipinski definition) is 5. The van der Waals surface area contributed by atoms with Crippen LogP contribution >= 0.6 is 0 Å². The van der Waals surface area contributed by atoms with Gasteiger partial charge in [0.2, 0.25) is 0 Å². The van der Waals surface area contributed by atoms with E-state index in [0.717, 1.165) is 41.3 Å². The van der Waals surface area contributed by atoms with Crippen molar-refractivity contribution < 1.29 is 0 Å². The molecule has 0 atom stereocenters. The zero-order valence-electron chi connectivity index (χ0n) is 13.3. The summed E-state index contributed by atoms with van der Waals surface area (Å²) in [7, 11) is 0. The molecule has 1 saturated heterocycles. The number of benzene rings is 1. The van der Waals surface area contributed by atoms with Crippen LogP contribution in [0.4, 0.5) is 5.82 Å². The molecule has 5 rings (SSSR count). The minimum atomic E-state index is 0.416. The Kier molecular flexibility index (Phi) is 2.79. The Hall–Kier alpha value is -3.02. The van der Waals surface area contributed by atoms with E-state index in [-0.39, 0.29) is 0 Å². The molecular formula is C18H16N6. The molecule has 0 aliphatic carbocycles. The Bertz CT molecular complexity index is 1040. The highest BCUT2D eigenvalue weighted by molar-refractivity contribution is 5.87. The van der Waals surface area contributed by atoms with E-state index in [1.165, 1.54) is 5.52 Å². The second-order valence-corrected chi connectivity index (χ2v) is 6.15. The van der Waals surface area contributed by atoms with Crippen molar-refractivity contribution in [1.29, 1.82) is 0 Å². The highest BCUT2D eigenvalue weighted by Gasteiger charge is 2.32. The molecule has 6 nitrogen and oxygen atoms in total. The standard InChI is InChI=1S/C18H16N6/c1-12-22-15-6-2-3-7-16(15)24(12)13-9-23(10-13)18-14-5-4-8-19-17(14)20-11-21-18/h2-8,11,13H,9-10H2,1H3. The van der Waals surface area contributed by atoms with Crippen LogP contribution in [0.2, 0.25) is 0 Å². The molecule has 1 aromatic carbocycles. The SMILES string of the molecule is Cc1nc2ccccc2n1C1CN(c2ncnc3ncccc23)C1. The minimum Gasteiger partial charge on any atom is -0.352 e. The van der Waals surface area contributed by atoms with Gasteiger partial charge in [0.25, 0.3) is 0 Å². The molecule has 0 amide bonds. The van der Waals surface area contributed by atoms with E-state index in [9.17, 15) is 0 Å². The average Bonchev–Trinajstić information content (AvgIpc) is 2.90. The van der Waals surface area contributed by atoms with Crippen molar-refractivity contribution in [2.75, 3.05) is 18.0 Å². The maximum Gasteiger partial charge on any atom is 0.164 e. The number of para-hydroxylation sites is 2. The van der Waals surface area contributed by atoms with Gasteiger partial charge in [-0.1, -0.05) is 12.1 Å². The fourth-order valence-corrected chi connectivity index (χ4v) is 3.55. The monoisotopic (exact) mass is 316 g/mol. The summed E-state index contributed by atoms with van der Waals surface area (Å²) in [5, 5.41) is 1.01. The fourth-order valence-electron chi connectivity index (χ4n) is 3.55. The van der Waals surface area contributed by atoms with Gasteiger partial charge in [-0.3, -0.25) is 0 Å². The van der Waals surface area contributed by atoms with Crippen LogP contribution in [-0.2, 0) is 0 Å². The topological polar surface area (TPSA) is 59.7 Å². The van der Waals surface area contributed by atoms with Gasteiger partial charge in [-0.15, -0.1) is 0 Å². The number of anilines is 1. The summed E-state index contributed by atoms with van der Waals surface area (Å²) < 4.78 is 2.34. The van der Waals surface area contributed by atoms with E-state index in [4.69, 9.17) is 0 Å². The lowest BCUT2D eigenvalue weighted by atomic mass is 10.1. The van der Waals surface area contributed by atoms with Crippen molar-refractivity contribution in [3.63, 3.8) is 0 Å². The van der Waals surface area contributed by atoms with Gasteiger partial charge < -0.3 is 9.47 Å². The lowest BCUT2D eigenvalue weighted by molar-refractivity contribution is 0.400. The van der Waals surface area contributed by atoms with E-state index < -0.39 is 0 Å². The van der Waals surface area contributed by atoms with Gasteiger partial charge in [0.15, 0.2) is 5.65 Å². The van der Waals surface area contributed by atoms with Crippen molar-refractivity contribution in [2.45, 2.75) is 13.0 Å². The number of aromatic nitrogens is 5. The van der Waals surface area contributed by atoms with Crippen LogP contribution in [0.15, 0.2) is 48.9 Å². The van der Waals surface area contributed by atoms with Gasteiger partial charge in [0.05, 0.1) is 22.5 Å². The smallest absolute Gasteiger partial charge is 0.164 e. The second-order valence-electron chi connectivity index (χ2n) is 6.15. The van der Waals surface area contributed by atoms with Crippen LogP contribution in [0.1, 0.15) is 11.9 Å². The molecule has 4 heterocycles. The first-order valence-electron chi connectivity index (χ1n) is 8.05. The molecule has 1 aliphatic heterocycles. The quantitative estimate of drug-likeness (QED) is 0.569. The summed E-state index contributed by atoms with van der Waals surface area (Å²) in [6, 6.07) is 12.7. The maximum absolute atomic E-state index is 4.67. The third-order valence-electron chi connectivity index (χ3n) is 4.69. The molecule has 118 valence electrons. The maximum atomic E-state index is 4.67. The van der Waals surface area contributed by atoms with Crippen LogP contribution in [0, 0.1) is 6.92 Å². The predicted molar refractivity (Wildman–Crippen MR) is 93.1 cm³/mol. The van der Waals surface area contributed by atoms with Crippen molar-refractivity contribution in [3.8, 4) is 0 Å². The number of aryl methyl sites for hydroxylation is 1. The van der Waals surface area contributed by atoms with Crippen molar-refractivity contribution >= 4 is 27.9 Å². The predicted octanol–water partition coefficient (Wildman–Crippen LogP) is 2.74. The molecule has 0 saturated carbocycles. The zero-order chi connectivity index (χ0) is 16.1. The van der Waals surface area contributed by atoms with E-state index in [1.54, 1.807) is 12.5 Å². The fraction of sp³-hybridized carbons (Fsp3) is 0.222. The van der Waals surface area contributed by atoms with Gasteiger partial charge >= 0.3 is 0 Å². The van der Waals surface area contributed by atoms with Gasteiger partial charge in [-0.25, -0.2) is 19.9 Å². The van der Waals surface area contributed by atoms with Crippen LogP contribution in [0.3, 0.4) is 0 Å². The number of fused-ring (bicyclic) bond motifs is 2. The number of pyridine rings is 1. The molecule has 0 radical (unpaired) electrons. The third-order valence-corrected chi connectivity index (χ3v) is 4.69. The van der Waals surface area contributed by atoms with E-state index in [0.29, 0.717) is 6.04 Å². The molecule has 24 heavy (non-hydrogen) atoms. The lowest BCUT2D eigenvalue weighted by Crippen LogP contribution is -2.48. The molecule has 6 heteroatoms.